The van der Waals surface area contributed by atoms with Crippen molar-refractivity contribution in [2.45, 2.75) is 19.3 Å². The van der Waals surface area contributed by atoms with Crippen LogP contribution in [0.4, 0.5) is 0 Å². The van der Waals surface area contributed by atoms with E-state index in [1.165, 1.54) is 24.9 Å². The molecule has 0 bridgehead atoms. The molecule has 1 aliphatic heterocycles. The van der Waals surface area contributed by atoms with Gasteiger partial charge in [0, 0.05) is 13.1 Å². The van der Waals surface area contributed by atoms with Crippen LogP contribution in [0.3, 0.4) is 0 Å². The van der Waals surface area contributed by atoms with Crippen molar-refractivity contribution >= 4 is 11.8 Å². The highest BCUT2D eigenvalue weighted by Gasteiger charge is 2.14. The monoisotopic (exact) mass is 178 g/mol. The van der Waals surface area contributed by atoms with Crippen LogP contribution in [0.15, 0.2) is 11.8 Å². The molecule has 0 aromatic rings. The molecule has 0 aromatic heterocycles. The number of amides is 1. The number of nitrogens with zero attached hydrogens (tertiary/aromatic N) is 1. The van der Waals surface area contributed by atoms with Crippen LogP contribution >= 0.6 is 0 Å². The Bertz CT molecular complexity index is 254. The van der Waals surface area contributed by atoms with E-state index in [1.54, 1.807) is 4.90 Å². The van der Waals surface area contributed by atoms with Crippen molar-refractivity contribution in [1.82, 2.24) is 4.90 Å². The second-order valence-corrected chi connectivity index (χ2v) is 2.97. The normalized spacial score (nSPS) is 15.8. The second kappa shape index (κ2) is 5.36. The first-order chi connectivity index (χ1) is 6.34. The number of hydrogen-bond donors (Lipinski definition) is 0. The zero-order valence-electron chi connectivity index (χ0n) is 7.45. The minimum Gasteiger partial charge on any atom is -0.342 e. The third-order valence-corrected chi connectivity index (χ3v) is 2.04. The van der Waals surface area contributed by atoms with E-state index in [0.29, 0.717) is 0 Å². The first kappa shape index (κ1) is 9.79. The van der Waals surface area contributed by atoms with Gasteiger partial charge in [0.05, 0.1) is 6.42 Å². The Morgan fingerprint density at radius 1 is 1.23 bits per heavy atom. The maximum Gasteiger partial charge on any atom is 0.231 e. The van der Waals surface area contributed by atoms with Gasteiger partial charge in [0.2, 0.25) is 5.91 Å². The molecule has 0 unspecified atom stereocenters. The highest BCUT2D eigenvalue weighted by Crippen LogP contribution is 2.09. The van der Waals surface area contributed by atoms with Gasteiger partial charge in [-0.05, 0) is 31.1 Å². The number of carbonyl (C=O) groups excluding carboxylic acids is 2. The van der Waals surface area contributed by atoms with E-state index in [1.807, 2.05) is 0 Å². The fraction of sp³-hybridized carbons (Fsp3) is 0.500. The van der Waals surface area contributed by atoms with Crippen LogP contribution in [0.1, 0.15) is 19.3 Å². The lowest BCUT2D eigenvalue weighted by Gasteiger charge is -2.25. The van der Waals surface area contributed by atoms with Gasteiger partial charge in [-0.25, -0.2) is 4.79 Å². The van der Waals surface area contributed by atoms with Crippen molar-refractivity contribution in [1.29, 1.82) is 0 Å². The minimum atomic E-state index is -0.0394. The van der Waals surface area contributed by atoms with Gasteiger partial charge in [0.25, 0.3) is 0 Å². The highest BCUT2D eigenvalue weighted by molar-refractivity contribution is 5.87. The zero-order chi connectivity index (χ0) is 9.52. The lowest BCUT2D eigenvalue weighted by atomic mass is 10.1. The van der Waals surface area contributed by atoms with Crippen molar-refractivity contribution in [2.75, 3.05) is 13.1 Å². The van der Waals surface area contributed by atoms with Gasteiger partial charge in [-0.2, -0.15) is 0 Å². The molecule has 1 radical (unpaired) electrons. The van der Waals surface area contributed by atoms with E-state index in [9.17, 15) is 9.59 Å². The molecule has 3 heteroatoms. The standard InChI is InChI=1S/C10H12NO2/c12-9-5-2-6-10(13)11-7-3-1-4-8-11/h2,6H,1,3-4,7-8H2. The van der Waals surface area contributed by atoms with E-state index in [-0.39, 0.29) is 5.91 Å². The lowest BCUT2D eigenvalue weighted by molar-refractivity contribution is -0.127. The zero-order valence-corrected chi connectivity index (χ0v) is 7.45. The summed E-state index contributed by atoms with van der Waals surface area (Å²) >= 11 is 0. The highest BCUT2D eigenvalue weighted by atomic mass is 16.2. The maximum absolute atomic E-state index is 11.3. The smallest absolute Gasteiger partial charge is 0.231 e. The molecule has 1 fully saturated rings. The third kappa shape index (κ3) is 3.29. The number of piperidine rings is 1. The molecule has 0 aromatic carbocycles. The summed E-state index contributed by atoms with van der Waals surface area (Å²) in [5.41, 5.74) is 2.18. The summed E-state index contributed by atoms with van der Waals surface area (Å²) in [6.45, 7) is 1.65. The van der Waals surface area contributed by atoms with Crippen LogP contribution in [0.2, 0.25) is 0 Å². The number of rotatable bonds is 2. The molecular formula is C10H12NO2. The van der Waals surface area contributed by atoms with Gasteiger partial charge in [-0.1, -0.05) is 0 Å². The first-order valence-electron chi connectivity index (χ1n) is 4.42. The number of carbonyl (C=O) groups is 1. The van der Waals surface area contributed by atoms with Gasteiger partial charge in [0.15, 0.2) is 5.94 Å². The van der Waals surface area contributed by atoms with Crippen molar-refractivity contribution in [3.8, 4) is 0 Å². The molecule has 1 saturated heterocycles. The van der Waals surface area contributed by atoms with Gasteiger partial charge in [-0.3, -0.25) is 4.79 Å². The summed E-state index contributed by atoms with van der Waals surface area (Å²) in [6, 6.07) is 0. The molecule has 0 saturated carbocycles. The Labute approximate surface area is 77.7 Å². The predicted molar refractivity (Wildman–Crippen MR) is 48.5 cm³/mol. The van der Waals surface area contributed by atoms with Crippen molar-refractivity contribution in [3.63, 3.8) is 0 Å². The Morgan fingerprint density at radius 2 is 1.92 bits per heavy atom. The lowest BCUT2D eigenvalue weighted by Crippen LogP contribution is -2.35. The Kier molecular flexibility index (Phi) is 4.04. The van der Waals surface area contributed by atoms with Crippen LogP contribution in [0, 0.1) is 6.42 Å². The summed E-state index contributed by atoms with van der Waals surface area (Å²) in [5.74, 6) is 1.43. The fourth-order valence-electron chi connectivity index (χ4n) is 1.37. The van der Waals surface area contributed by atoms with E-state index >= 15 is 0 Å². The van der Waals surface area contributed by atoms with Crippen LogP contribution in [0.25, 0.3) is 0 Å². The summed E-state index contributed by atoms with van der Waals surface area (Å²) in [7, 11) is 0. The molecule has 69 valence electrons. The van der Waals surface area contributed by atoms with Crippen LogP contribution in [-0.2, 0) is 9.59 Å². The molecule has 13 heavy (non-hydrogen) atoms. The van der Waals surface area contributed by atoms with E-state index in [0.717, 1.165) is 25.9 Å². The predicted octanol–water partition coefficient (Wildman–Crippen LogP) is 0.746. The average molecular weight is 178 g/mol. The van der Waals surface area contributed by atoms with Gasteiger partial charge in [-0.15, -0.1) is 0 Å². The molecular weight excluding hydrogens is 166 g/mol. The van der Waals surface area contributed by atoms with Crippen molar-refractivity contribution in [3.05, 3.63) is 18.2 Å². The summed E-state index contributed by atoms with van der Waals surface area (Å²) in [6.07, 6.45) is 6.02. The van der Waals surface area contributed by atoms with Crippen LogP contribution in [0.5, 0.6) is 0 Å². The molecule has 0 atom stereocenters. The van der Waals surface area contributed by atoms with Crippen molar-refractivity contribution in [2.24, 2.45) is 0 Å². The van der Waals surface area contributed by atoms with Crippen LogP contribution < -0.4 is 0 Å². The summed E-state index contributed by atoms with van der Waals surface area (Å²) < 4.78 is 0. The van der Waals surface area contributed by atoms with Gasteiger partial charge >= 0.3 is 0 Å². The Balaban J connectivity index is 2.37. The summed E-state index contributed by atoms with van der Waals surface area (Å²) in [4.78, 5) is 22.9. The fourth-order valence-corrected chi connectivity index (χ4v) is 1.37. The van der Waals surface area contributed by atoms with E-state index < -0.39 is 0 Å². The molecule has 3 nitrogen and oxygen atoms in total. The number of hydrogen-bond acceptors (Lipinski definition) is 2. The SMILES string of the molecule is O=C=C=C[CH]C(=O)N1CCCCC1. The quantitative estimate of drug-likeness (QED) is 0.462. The molecule has 0 N–H and O–H groups in total. The summed E-state index contributed by atoms with van der Waals surface area (Å²) in [5, 5.41) is 0. The van der Waals surface area contributed by atoms with E-state index in [4.69, 9.17) is 0 Å². The first-order valence-corrected chi connectivity index (χ1v) is 4.42. The number of likely N-dealkylation sites (tertiary alicyclic amines) is 1. The molecule has 1 rings (SSSR count). The Hall–Kier alpha value is -1.30. The molecule has 0 spiro atoms. The van der Waals surface area contributed by atoms with E-state index in [2.05, 4.69) is 5.73 Å². The second-order valence-electron chi connectivity index (χ2n) is 2.97. The van der Waals surface area contributed by atoms with Crippen LogP contribution in [-0.4, -0.2) is 29.8 Å². The average Bonchev–Trinajstić information content (AvgIpc) is 2.19. The molecule has 1 amide bonds. The molecule has 1 aliphatic rings. The largest absolute Gasteiger partial charge is 0.342 e. The Morgan fingerprint density at radius 3 is 2.54 bits per heavy atom. The van der Waals surface area contributed by atoms with Gasteiger partial charge in [0.1, 0.15) is 0 Å². The molecule has 0 aliphatic carbocycles. The minimum absolute atomic E-state index is 0.0394. The van der Waals surface area contributed by atoms with Gasteiger partial charge < -0.3 is 4.90 Å². The van der Waals surface area contributed by atoms with Crippen molar-refractivity contribution < 1.29 is 9.59 Å². The maximum atomic E-state index is 11.3. The third-order valence-electron chi connectivity index (χ3n) is 2.04. The topological polar surface area (TPSA) is 37.4 Å². The molecule has 1 heterocycles.